The van der Waals surface area contributed by atoms with Gasteiger partial charge in [-0.1, -0.05) is 66.7 Å². The van der Waals surface area contributed by atoms with Crippen LogP contribution >= 0.6 is 0 Å². The second-order valence-corrected chi connectivity index (χ2v) is 7.40. The highest BCUT2D eigenvalue weighted by Gasteiger charge is 2.45. The minimum Gasteiger partial charge on any atom is -0.508 e. The normalized spacial score (nSPS) is 17.7. The summed E-state index contributed by atoms with van der Waals surface area (Å²) in [6, 6.07) is 23.4. The van der Waals surface area contributed by atoms with E-state index in [4.69, 9.17) is 0 Å². The molecule has 1 atom stereocenters. The molecule has 1 heterocycles. The quantitative estimate of drug-likeness (QED) is 0.691. The summed E-state index contributed by atoms with van der Waals surface area (Å²) in [6.07, 6.45) is 1.79. The van der Waals surface area contributed by atoms with Crippen LogP contribution in [0.25, 0.3) is 0 Å². The molecule has 4 rings (SSSR count). The summed E-state index contributed by atoms with van der Waals surface area (Å²) >= 11 is 0. The van der Waals surface area contributed by atoms with Crippen LogP contribution in [0.5, 0.6) is 5.75 Å². The van der Waals surface area contributed by atoms with Gasteiger partial charge in [-0.05, 0) is 36.6 Å². The fraction of sp³-hybridized carbons (Fsp3) is 0.250. The van der Waals surface area contributed by atoms with Crippen molar-refractivity contribution in [3.63, 3.8) is 0 Å². The maximum Gasteiger partial charge on any atom is 0.130 e. The Bertz CT molecular complexity index is 890. The van der Waals surface area contributed by atoms with Gasteiger partial charge in [-0.2, -0.15) is 0 Å². The molecule has 1 aliphatic heterocycles. The second kappa shape index (κ2) is 7.74. The van der Waals surface area contributed by atoms with Crippen molar-refractivity contribution in [2.24, 2.45) is 0 Å². The van der Waals surface area contributed by atoms with Crippen molar-refractivity contribution in [1.82, 2.24) is 4.90 Å². The molecule has 0 amide bonds. The van der Waals surface area contributed by atoms with E-state index in [9.17, 15) is 14.6 Å². The molecule has 1 fully saturated rings. The summed E-state index contributed by atoms with van der Waals surface area (Å²) in [6.45, 7) is 1.27. The summed E-state index contributed by atoms with van der Waals surface area (Å²) in [7, 11) is 0. The van der Waals surface area contributed by atoms with E-state index < -0.39 is 11.4 Å². The van der Waals surface area contributed by atoms with Crippen LogP contribution in [0.1, 0.15) is 29.5 Å². The second-order valence-electron chi connectivity index (χ2n) is 7.40. The lowest BCUT2D eigenvalue weighted by Gasteiger charge is -2.40. The average molecular weight is 377 g/mol. The molecule has 1 aliphatic rings. The molecule has 3 aromatic carbocycles. The first-order valence-corrected chi connectivity index (χ1v) is 9.64. The van der Waals surface area contributed by atoms with Gasteiger partial charge in [0.05, 0.1) is 0 Å². The van der Waals surface area contributed by atoms with Crippen LogP contribution in [0.15, 0.2) is 78.9 Å². The van der Waals surface area contributed by atoms with Gasteiger partial charge in [-0.3, -0.25) is 4.90 Å². The molecule has 0 radical (unpaired) electrons. The van der Waals surface area contributed by atoms with E-state index in [-0.39, 0.29) is 11.8 Å². The van der Waals surface area contributed by atoms with E-state index >= 15 is 0 Å². The molecule has 3 aromatic rings. The average Bonchev–Trinajstić information content (AvgIpc) is 3.19. The van der Waals surface area contributed by atoms with Crippen LogP contribution in [-0.2, 0) is 12.1 Å². The lowest BCUT2D eigenvalue weighted by Crippen LogP contribution is -2.48. The van der Waals surface area contributed by atoms with Crippen LogP contribution in [-0.4, -0.2) is 27.7 Å². The third-order valence-corrected chi connectivity index (χ3v) is 5.69. The minimum atomic E-state index is -1.17. The number of benzene rings is 3. The van der Waals surface area contributed by atoms with Crippen molar-refractivity contribution in [3.8, 4) is 5.75 Å². The number of rotatable bonds is 5. The zero-order chi connectivity index (χ0) is 19.6. The first-order valence-electron chi connectivity index (χ1n) is 9.64. The number of aliphatic hydroxyl groups is 1. The third-order valence-electron chi connectivity index (χ3n) is 5.69. The first kappa shape index (κ1) is 18.7. The van der Waals surface area contributed by atoms with Gasteiger partial charge in [-0.15, -0.1) is 0 Å². The summed E-state index contributed by atoms with van der Waals surface area (Å²) in [5.74, 6) is -0.502. The highest BCUT2D eigenvalue weighted by Crippen LogP contribution is 2.41. The Morgan fingerprint density at radius 3 is 2.11 bits per heavy atom. The van der Waals surface area contributed by atoms with Gasteiger partial charge in [0.25, 0.3) is 0 Å². The number of hydrogen-bond donors (Lipinski definition) is 2. The molecule has 2 N–H and O–H groups in total. The number of likely N-dealkylation sites (tertiary alicyclic amines) is 1. The number of hydrogen-bond acceptors (Lipinski definition) is 3. The number of phenolic OH excluding ortho intramolecular Hbond substituents is 1. The molecular formula is C24H24FNO2. The SMILES string of the molecule is Oc1cc(F)ccc1CN1CCC[C@H]1C(O)(c1ccccc1)c1ccccc1. The Kier molecular flexibility index (Phi) is 5.16. The Labute approximate surface area is 164 Å². The molecule has 0 bridgehead atoms. The lowest BCUT2D eigenvalue weighted by atomic mass is 9.79. The zero-order valence-electron chi connectivity index (χ0n) is 15.6. The van der Waals surface area contributed by atoms with E-state index in [0.717, 1.165) is 36.6 Å². The van der Waals surface area contributed by atoms with Gasteiger partial charge in [-0.25, -0.2) is 4.39 Å². The Hall–Kier alpha value is -2.69. The van der Waals surface area contributed by atoms with Crippen molar-refractivity contribution in [3.05, 3.63) is 101 Å². The molecule has 3 nitrogen and oxygen atoms in total. The maximum atomic E-state index is 13.4. The number of aromatic hydroxyl groups is 1. The third kappa shape index (κ3) is 3.41. The van der Waals surface area contributed by atoms with Gasteiger partial charge in [0.1, 0.15) is 17.2 Å². The van der Waals surface area contributed by atoms with Gasteiger partial charge in [0.2, 0.25) is 0 Å². The molecule has 0 spiro atoms. The van der Waals surface area contributed by atoms with Crippen molar-refractivity contribution in [2.45, 2.75) is 31.0 Å². The molecule has 0 aliphatic carbocycles. The molecule has 28 heavy (non-hydrogen) atoms. The molecule has 0 unspecified atom stereocenters. The van der Waals surface area contributed by atoms with Crippen LogP contribution in [0.4, 0.5) is 4.39 Å². The van der Waals surface area contributed by atoms with E-state index in [0.29, 0.717) is 12.1 Å². The zero-order valence-corrected chi connectivity index (χ0v) is 15.6. The van der Waals surface area contributed by atoms with E-state index in [1.54, 1.807) is 6.07 Å². The van der Waals surface area contributed by atoms with Crippen molar-refractivity contribution < 1.29 is 14.6 Å². The first-order chi connectivity index (χ1) is 13.6. The topological polar surface area (TPSA) is 43.7 Å². The van der Waals surface area contributed by atoms with Crippen molar-refractivity contribution >= 4 is 0 Å². The number of nitrogens with zero attached hydrogens (tertiary/aromatic N) is 1. The predicted molar refractivity (Wildman–Crippen MR) is 107 cm³/mol. The summed E-state index contributed by atoms with van der Waals surface area (Å²) < 4.78 is 13.4. The molecule has 144 valence electrons. The van der Waals surface area contributed by atoms with Crippen LogP contribution in [0.2, 0.25) is 0 Å². The lowest BCUT2D eigenvalue weighted by molar-refractivity contribution is -0.00673. The molecule has 1 saturated heterocycles. The Balaban J connectivity index is 1.73. The fourth-order valence-electron chi connectivity index (χ4n) is 4.31. The van der Waals surface area contributed by atoms with Gasteiger partial charge in [0, 0.05) is 24.2 Å². The van der Waals surface area contributed by atoms with Gasteiger partial charge >= 0.3 is 0 Å². The number of phenols is 1. The maximum absolute atomic E-state index is 13.4. The molecule has 0 aromatic heterocycles. The molecule has 0 saturated carbocycles. The Morgan fingerprint density at radius 1 is 0.929 bits per heavy atom. The summed E-state index contributed by atoms with van der Waals surface area (Å²) in [5.41, 5.74) is 1.19. The van der Waals surface area contributed by atoms with Crippen LogP contribution in [0.3, 0.4) is 0 Å². The largest absolute Gasteiger partial charge is 0.508 e. The minimum absolute atomic E-state index is 0.0476. The standard InChI is InChI=1S/C24H24FNO2/c25-21-14-13-18(22(27)16-21)17-26-15-7-12-23(26)24(28,19-8-3-1-4-9-19)20-10-5-2-6-11-20/h1-6,8-11,13-14,16,23,27-28H,7,12,15,17H2/t23-/m0/s1. The van der Waals surface area contributed by atoms with Crippen LogP contribution in [0, 0.1) is 5.82 Å². The van der Waals surface area contributed by atoms with E-state index in [1.807, 2.05) is 60.7 Å². The van der Waals surface area contributed by atoms with Crippen LogP contribution < -0.4 is 0 Å². The van der Waals surface area contributed by atoms with Gasteiger partial charge in [0.15, 0.2) is 0 Å². The van der Waals surface area contributed by atoms with E-state index in [2.05, 4.69) is 4.90 Å². The molecular weight excluding hydrogens is 353 g/mol. The van der Waals surface area contributed by atoms with Gasteiger partial charge < -0.3 is 10.2 Å². The molecule has 4 heteroatoms. The number of halogens is 1. The van der Waals surface area contributed by atoms with E-state index in [1.165, 1.54) is 6.07 Å². The Morgan fingerprint density at radius 2 is 1.54 bits per heavy atom. The summed E-state index contributed by atoms with van der Waals surface area (Å²) in [5, 5.41) is 22.2. The monoisotopic (exact) mass is 377 g/mol. The summed E-state index contributed by atoms with van der Waals surface area (Å²) in [4.78, 5) is 2.19. The van der Waals surface area contributed by atoms with Crippen molar-refractivity contribution in [2.75, 3.05) is 6.54 Å². The fourth-order valence-corrected chi connectivity index (χ4v) is 4.31. The highest BCUT2D eigenvalue weighted by atomic mass is 19.1. The predicted octanol–water partition coefficient (Wildman–Crippen LogP) is 4.43. The smallest absolute Gasteiger partial charge is 0.130 e. The van der Waals surface area contributed by atoms with Crippen molar-refractivity contribution in [1.29, 1.82) is 0 Å². The highest BCUT2D eigenvalue weighted by molar-refractivity contribution is 5.39.